The van der Waals surface area contributed by atoms with Gasteiger partial charge in [-0.15, -0.1) is 0 Å². The second-order valence-electron chi connectivity index (χ2n) is 7.39. The number of anilines is 1. The van der Waals surface area contributed by atoms with E-state index in [4.69, 9.17) is 0 Å². The number of urea groups is 1. The van der Waals surface area contributed by atoms with Gasteiger partial charge in [0.15, 0.2) is 0 Å². The van der Waals surface area contributed by atoms with Gasteiger partial charge in [-0.25, -0.2) is 14.8 Å². The predicted octanol–water partition coefficient (Wildman–Crippen LogP) is 3.93. The summed E-state index contributed by atoms with van der Waals surface area (Å²) < 4.78 is 37.8. The third kappa shape index (κ3) is 4.38. The van der Waals surface area contributed by atoms with Gasteiger partial charge in [0.05, 0.1) is 29.0 Å². The molecule has 7 nitrogen and oxygen atoms in total. The van der Waals surface area contributed by atoms with Crippen molar-refractivity contribution >= 4 is 22.8 Å². The van der Waals surface area contributed by atoms with Crippen LogP contribution in [0.1, 0.15) is 30.4 Å². The fraction of sp³-hybridized carbons (Fsp3) is 0.350. The van der Waals surface area contributed by atoms with Crippen LogP contribution >= 0.6 is 0 Å². The number of carbonyl (C=O) groups is 1. The average molecular weight is 418 g/mol. The Morgan fingerprint density at radius 2 is 2.03 bits per heavy atom. The molecule has 1 fully saturated rings. The molecule has 2 unspecified atom stereocenters. The van der Waals surface area contributed by atoms with E-state index in [9.17, 15) is 18.0 Å². The molecule has 2 amide bonds. The smallest absolute Gasteiger partial charge is 0.341 e. The summed E-state index contributed by atoms with van der Waals surface area (Å²) in [5.74, 6) is 0.845. The molecule has 0 aliphatic carbocycles. The van der Waals surface area contributed by atoms with E-state index in [0.29, 0.717) is 6.42 Å². The Morgan fingerprint density at radius 1 is 1.23 bits per heavy atom. The van der Waals surface area contributed by atoms with Crippen molar-refractivity contribution in [3.05, 3.63) is 54.1 Å². The number of likely N-dealkylation sites (tertiary alicyclic amines) is 1. The molecule has 0 saturated carbocycles. The first kappa shape index (κ1) is 20.1. The van der Waals surface area contributed by atoms with Gasteiger partial charge in [-0.3, -0.25) is 4.90 Å². The number of nitrogens with zero attached hydrogens (tertiary/aromatic N) is 3. The zero-order valence-corrected chi connectivity index (χ0v) is 16.2. The lowest BCUT2D eigenvalue weighted by molar-refractivity contribution is -0.141. The first-order valence-electron chi connectivity index (χ1n) is 9.55. The number of fused-ring (bicyclic) bond motifs is 1. The third-order valence-electron chi connectivity index (χ3n) is 5.24. The number of imidazole rings is 1. The number of benzene rings is 1. The third-order valence-corrected chi connectivity index (χ3v) is 5.24. The number of halogens is 3. The minimum Gasteiger partial charge on any atom is -0.341 e. The Morgan fingerprint density at radius 3 is 2.73 bits per heavy atom. The van der Waals surface area contributed by atoms with Gasteiger partial charge in [0.25, 0.3) is 0 Å². The molecule has 10 heteroatoms. The predicted molar refractivity (Wildman–Crippen MR) is 106 cm³/mol. The molecule has 1 aliphatic heterocycles. The summed E-state index contributed by atoms with van der Waals surface area (Å²) >= 11 is 0. The minimum absolute atomic E-state index is 0.0178. The van der Waals surface area contributed by atoms with Crippen molar-refractivity contribution in [2.24, 2.45) is 0 Å². The molecule has 158 valence electrons. The van der Waals surface area contributed by atoms with Crippen molar-refractivity contribution in [1.82, 2.24) is 25.2 Å². The quantitative estimate of drug-likeness (QED) is 0.602. The molecule has 1 aliphatic rings. The number of hydrogen-bond acceptors (Lipinski definition) is 4. The zero-order chi connectivity index (χ0) is 21.3. The second kappa shape index (κ2) is 7.94. The number of hydrogen-bond donors (Lipinski definition) is 3. The van der Waals surface area contributed by atoms with Crippen molar-refractivity contribution in [2.75, 3.05) is 18.9 Å². The average Bonchev–Trinajstić information content (AvgIpc) is 3.13. The molecule has 0 spiro atoms. The fourth-order valence-electron chi connectivity index (χ4n) is 3.65. The Labute approximate surface area is 170 Å². The molecule has 1 aromatic carbocycles. The summed E-state index contributed by atoms with van der Waals surface area (Å²) in [5.41, 5.74) is 1.05. The van der Waals surface area contributed by atoms with Gasteiger partial charge in [0, 0.05) is 12.6 Å². The lowest BCUT2D eigenvalue weighted by Crippen LogP contribution is -2.46. The molecular weight excluding hydrogens is 397 g/mol. The maximum absolute atomic E-state index is 12.6. The van der Waals surface area contributed by atoms with E-state index in [1.165, 1.54) is 6.07 Å². The van der Waals surface area contributed by atoms with Crippen LogP contribution in [-0.4, -0.2) is 45.5 Å². The first-order chi connectivity index (χ1) is 14.3. The lowest BCUT2D eigenvalue weighted by Gasteiger charge is -2.36. The van der Waals surface area contributed by atoms with Crippen LogP contribution in [0.5, 0.6) is 0 Å². The Kier molecular flexibility index (Phi) is 5.33. The molecular formula is C20H21F3N6O. The van der Waals surface area contributed by atoms with Gasteiger partial charge >= 0.3 is 12.2 Å². The minimum atomic E-state index is -4.51. The molecule has 3 heterocycles. The number of alkyl halides is 3. The standard InChI is InChI=1S/C20H21F3N6O/c1-29-9-8-12(10-16(29)18-27-14-4-2-3-5-15(14)28-18)25-19(30)26-13-6-7-17(24-11-13)20(21,22)23/h2-7,11-12,16H,8-10H2,1H3,(H,27,28)(H2,25,26,30). The Bertz CT molecular complexity index is 1000. The number of rotatable bonds is 3. The van der Waals surface area contributed by atoms with E-state index >= 15 is 0 Å². The molecule has 4 rings (SSSR count). The van der Waals surface area contributed by atoms with Gasteiger partial charge in [-0.1, -0.05) is 12.1 Å². The van der Waals surface area contributed by atoms with Gasteiger partial charge in [-0.05, 0) is 44.2 Å². The summed E-state index contributed by atoms with van der Waals surface area (Å²) in [5, 5.41) is 5.44. The maximum Gasteiger partial charge on any atom is 0.433 e. The zero-order valence-electron chi connectivity index (χ0n) is 16.2. The van der Waals surface area contributed by atoms with Gasteiger partial charge in [0.2, 0.25) is 0 Å². The van der Waals surface area contributed by atoms with Crippen molar-refractivity contribution in [1.29, 1.82) is 0 Å². The summed E-state index contributed by atoms with van der Waals surface area (Å²) in [7, 11) is 2.02. The van der Waals surface area contributed by atoms with Crippen molar-refractivity contribution in [2.45, 2.75) is 31.1 Å². The molecule has 0 bridgehead atoms. The monoisotopic (exact) mass is 418 g/mol. The van der Waals surface area contributed by atoms with E-state index < -0.39 is 17.9 Å². The summed E-state index contributed by atoms with van der Waals surface area (Å²) in [6.07, 6.45) is -2.10. The molecule has 30 heavy (non-hydrogen) atoms. The highest BCUT2D eigenvalue weighted by molar-refractivity contribution is 5.89. The first-order valence-corrected chi connectivity index (χ1v) is 9.55. The highest BCUT2D eigenvalue weighted by Crippen LogP contribution is 2.30. The number of para-hydroxylation sites is 2. The summed E-state index contributed by atoms with van der Waals surface area (Å²) in [6, 6.07) is 9.25. The van der Waals surface area contributed by atoms with Gasteiger partial charge < -0.3 is 15.6 Å². The molecule has 2 aromatic heterocycles. The number of nitrogens with one attached hydrogen (secondary N) is 3. The number of aromatic nitrogens is 3. The van der Waals surface area contributed by atoms with Gasteiger partial charge in [0.1, 0.15) is 11.5 Å². The summed E-state index contributed by atoms with van der Waals surface area (Å²) in [4.78, 5) is 25.9. The SMILES string of the molecule is CN1CCC(NC(=O)Nc2ccc(C(F)(F)F)nc2)CC1c1nc2ccccc2[nH]1. The van der Waals surface area contributed by atoms with Crippen LogP contribution < -0.4 is 10.6 Å². The summed E-state index contributed by atoms with van der Waals surface area (Å²) in [6.45, 7) is 0.772. The molecule has 3 N–H and O–H groups in total. The lowest BCUT2D eigenvalue weighted by atomic mass is 9.97. The number of amides is 2. The number of H-pyrrole nitrogens is 1. The van der Waals surface area contributed by atoms with Crippen molar-refractivity contribution in [3.8, 4) is 0 Å². The van der Waals surface area contributed by atoms with Gasteiger partial charge in [-0.2, -0.15) is 13.2 Å². The van der Waals surface area contributed by atoms with Crippen LogP contribution in [0.4, 0.5) is 23.7 Å². The van der Waals surface area contributed by atoms with Crippen LogP contribution in [0, 0.1) is 0 Å². The Balaban J connectivity index is 1.39. The fourth-order valence-corrected chi connectivity index (χ4v) is 3.65. The van der Waals surface area contributed by atoms with Crippen LogP contribution in [0.2, 0.25) is 0 Å². The van der Waals surface area contributed by atoms with E-state index in [0.717, 1.165) is 42.1 Å². The maximum atomic E-state index is 12.6. The highest BCUT2D eigenvalue weighted by Gasteiger charge is 2.32. The largest absolute Gasteiger partial charge is 0.433 e. The highest BCUT2D eigenvalue weighted by atomic mass is 19.4. The number of aromatic amines is 1. The van der Waals surface area contributed by atoms with Crippen LogP contribution in [0.15, 0.2) is 42.6 Å². The van der Waals surface area contributed by atoms with Crippen LogP contribution in [0.25, 0.3) is 11.0 Å². The number of piperidine rings is 1. The number of carbonyl (C=O) groups excluding carboxylic acids is 1. The van der Waals surface area contributed by atoms with Crippen molar-refractivity contribution < 1.29 is 18.0 Å². The van der Waals surface area contributed by atoms with E-state index in [2.05, 4.69) is 30.5 Å². The second-order valence-corrected chi connectivity index (χ2v) is 7.39. The topological polar surface area (TPSA) is 85.9 Å². The van der Waals surface area contributed by atoms with E-state index in [-0.39, 0.29) is 17.8 Å². The van der Waals surface area contributed by atoms with Crippen LogP contribution in [-0.2, 0) is 6.18 Å². The van der Waals surface area contributed by atoms with Crippen molar-refractivity contribution in [3.63, 3.8) is 0 Å². The molecule has 2 atom stereocenters. The van der Waals surface area contributed by atoms with E-state index in [1.54, 1.807) is 0 Å². The van der Waals surface area contributed by atoms with Crippen LogP contribution in [0.3, 0.4) is 0 Å². The number of pyridine rings is 1. The molecule has 1 saturated heterocycles. The molecule has 0 radical (unpaired) electrons. The normalized spacial score (nSPS) is 20.3. The Hall–Kier alpha value is -3.14. The van der Waals surface area contributed by atoms with E-state index in [1.807, 2.05) is 31.3 Å². The molecule has 3 aromatic rings.